The van der Waals surface area contributed by atoms with Crippen LogP contribution in [0.1, 0.15) is 6.42 Å². The van der Waals surface area contributed by atoms with E-state index < -0.39 is 22.2 Å². The van der Waals surface area contributed by atoms with Crippen molar-refractivity contribution in [2.75, 3.05) is 32.4 Å². The van der Waals surface area contributed by atoms with Crippen molar-refractivity contribution < 1.29 is 27.5 Å². The fourth-order valence-electron chi connectivity index (χ4n) is 2.67. The fraction of sp³-hybridized carbons (Fsp3) is 0.316. The predicted octanol–water partition coefficient (Wildman–Crippen LogP) is 2.27. The summed E-state index contributed by atoms with van der Waals surface area (Å²) in [5.41, 5.74) is 0.306. The van der Waals surface area contributed by atoms with Crippen molar-refractivity contribution in [3.05, 3.63) is 54.6 Å². The summed E-state index contributed by atoms with van der Waals surface area (Å²) >= 11 is 0. The largest absolute Gasteiger partial charge is 0.481 e. The number of hydrogen-bond donors (Lipinski definition) is 3. The molecule has 0 aliphatic carbocycles. The molecule has 0 radical (unpaired) electrons. The molecule has 0 amide bonds. The maximum Gasteiger partial charge on any atom is 0.305 e. The summed E-state index contributed by atoms with van der Waals surface area (Å²) in [6.07, 6.45) is -0.312. The number of likely N-dealkylation sites (N-methyl/N-ethyl adjacent to an activating group) is 1. The Hall–Kier alpha value is -2.62. The minimum Gasteiger partial charge on any atom is -0.481 e. The van der Waals surface area contributed by atoms with Crippen LogP contribution >= 0.6 is 0 Å². The quantitative estimate of drug-likeness (QED) is 0.523. The number of benzene rings is 2. The third-order valence-electron chi connectivity index (χ3n) is 3.58. The summed E-state index contributed by atoms with van der Waals surface area (Å²) in [6, 6.07) is 14.9. The third kappa shape index (κ3) is 7.95. The highest BCUT2D eigenvalue weighted by Gasteiger charge is 2.26. The molecule has 0 unspecified atom stereocenters. The lowest BCUT2D eigenvalue weighted by Gasteiger charge is -2.29. The van der Waals surface area contributed by atoms with Gasteiger partial charge in [0.2, 0.25) is 0 Å². The van der Waals surface area contributed by atoms with Crippen LogP contribution in [0.5, 0.6) is 11.5 Å². The van der Waals surface area contributed by atoms with Crippen LogP contribution in [0.4, 0.5) is 5.69 Å². The molecule has 152 valence electrons. The molecular weight excluding hydrogens is 382 g/mol. The second-order valence-corrected chi connectivity index (χ2v) is 8.88. The van der Waals surface area contributed by atoms with Crippen LogP contribution in [0.3, 0.4) is 0 Å². The molecule has 9 heteroatoms. The van der Waals surface area contributed by atoms with Crippen LogP contribution in [-0.4, -0.2) is 57.7 Å². The van der Waals surface area contributed by atoms with E-state index >= 15 is 0 Å². The van der Waals surface area contributed by atoms with Gasteiger partial charge in [0.25, 0.3) is 10.2 Å². The number of quaternary nitrogens is 1. The number of rotatable bonds is 10. The van der Waals surface area contributed by atoms with E-state index in [0.29, 0.717) is 28.2 Å². The van der Waals surface area contributed by atoms with Crippen molar-refractivity contribution in [1.82, 2.24) is 4.72 Å². The summed E-state index contributed by atoms with van der Waals surface area (Å²) in [5.74, 6) is 0.0318. The van der Waals surface area contributed by atoms with E-state index in [9.17, 15) is 13.2 Å². The number of nitrogens with zero attached hydrogens (tertiary/aromatic N) is 1. The van der Waals surface area contributed by atoms with Crippen LogP contribution < -0.4 is 14.2 Å². The van der Waals surface area contributed by atoms with Crippen LogP contribution in [0.15, 0.2) is 54.6 Å². The molecule has 2 aromatic rings. The second kappa shape index (κ2) is 9.05. The molecule has 0 bridgehead atoms. The van der Waals surface area contributed by atoms with Crippen molar-refractivity contribution in [2.45, 2.75) is 12.5 Å². The molecule has 2 aromatic carbocycles. The molecule has 0 aliphatic heterocycles. The number of aliphatic carboxylic acids is 1. The van der Waals surface area contributed by atoms with E-state index in [1.807, 2.05) is 39.3 Å². The van der Waals surface area contributed by atoms with Gasteiger partial charge in [-0.25, -0.2) is 0 Å². The van der Waals surface area contributed by atoms with Gasteiger partial charge in [0, 0.05) is 6.07 Å². The first kappa shape index (κ1) is 21.7. The Kier molecular flexibility index (Phi) is 7.00. The Morgan fingerprint density at radius 1 is 1.07 bits per heavy atom. The number of nitrogens with one attached hydrogen (secondary N) is 2. The highest BCUT2D eigenvalue weighted by atomic mass is 32.2. The fourth-order valence-corrected chi connectivity index (χ4v) is 3.76. The zero-order valence-corrected chi connectivity index (χ0v) is 16.9. The standard InChI is InChI=1S/C19H25N3O5S/c1-22(2,3)14-16(13-19(23)24)21-28(25,26)20-15-8-7-11-18(12-15)27-17-9-5-4-6-10-17/h4-12,16,20-21H,13-14H2,1-3H3/p+1/t16-/m0/s1. The molecule has 0 saturated carbocycles. The van der Waals surface area contributed by atoms with Crippen molar-refractivity contribution in [3.8, 4) is 11.5 Å². The van der Waals surface area contributed by atoms with Gasteiger partial charge >= 0.3 is 5.97 Å². The Bertz CT molecular complexity index is 895. The Balaban J connectivity index is 2.09. The molecule has 28 heavy (non-hydrogen) atoms. The van der Waals surface area contributed by atoms with Gasteiger partial charge in [-0.3, -0.25) is 9.52 Å². The zero-order chi connectivity index (χ0) is 20.8. The van der Waals surface area contributed by atoms with Gasteiger partial charge in [0.15, 0.2) is 0 Å². The topological polar surface area (TPSA) is 105 Å². The summed E-state index contributed by atoms with van der Waals surface area (Å²) in [4.78, 5) is 11.1. The number of para-hydroxylation sites is 1. The molecule has 0 heterocycles. The Morgan fingerprint density at radius 2 is 1.71 bits per heavy atom. The number of ether oxygens (including phenoxy) is 1. The van der Waals surface area contributed by atoms with E-state index in [1.165, 1.54) is 0 Å². The lowest BCUT2D eigenvalue weighted by molar-refractivity contribution is -0.871. The van der Waals surface area contributed by atoms with Gasteiger partial charge in [0.1, 0.15) is 11.5 Å². The van der Waals surface area contributed by atoms with E-state index in [4.69, 9.17) is 9.84 Å². The van der Waals surface area contributed by atoms with Gasteiger partial charge in [-0.15, -0.1) is 0 Å². The van der Waals surface area contributed by atoms with Crippen molar-refractivity contribution in [3.63, 3.8) is 0 Å². The average molecular weight is 409 g/mol. The van der Waals surface area contributed by atoms with Crippen molar-refractivity contribution in [1.29, 1.82) is 0 Å². The third-order valence-corrected chi connectivity index (χ3v) is 4.72. The maximum absolute atomic E-state index is 12.5. The second-order valence-electron chi connectivity index (χ2n) is 7.43. The number of carboxylic acids is 1. The monoisotopic (exact) mass is 408 g/mol. The van der Waals surface area contributed by atoms with Gasteiger partial charge in [-0.2, -0.15) is 13.1 Å². The predicted molar refractivity (Wildman–Crippen MR) is 108 cm³/mol. The average Bonchev–Trinajstić information content (AvgIpc) is 2.52. The van der Waals surface area contributed by atoms with Crippen molar-refractivity contribution >= 4 is 21.9 Å². The molecule has 2 rings (SSSR count). The minimum atomic E-state index is -3.97. The van der Waals surface area contributed by atoms with E-state index in [1.54, 1.807) is 36.4 Å². The maximum atomic E-state index is 12.5. The number of carbonyl (C=O) groups is 1. The molecule has 0 aromatic heterocycles. The lowest BCUT2D eigenvalue weighted by atomic mass is 10.2. The van der Waals surface area contributed by atoms with E-state index in [2.05, 4.69) is 9.44 Å². The van der Waals surface area contributed by atoms with E-state index in [-0.39, 0.29) is 6.42 Å². The minimum absolute atomic E-state index is 0.306. The Labute approximate surface area is 165 Å². The summed E-state index contributed by atoms with van der Waals surface area (Å²) in [6.45, 7) is 0.324. The van der Waals surface area contributed by atoms with Gasteiger partial charge in [0.05, 0.1) is 45.8 Å². The molecule has 0 aliphatic rings. The first-order valence-electron chi connectivity index (χ1n) is 8.68. The molecular formula is C19H26N3O5S+. The summed E-state index contributed by atoms with van der Waals surface area (Å²) < 4.78 is 35.9. The first-order valence-corrected chi connectivity index (χ1v) is 10.2. The molecule has 0 spiro atoms. The van der Waals surface area contributed by atoms with Crippen LogP contribution in [0, 0.1) is 0 Å². The molecule has 1 atom stereocenters. The number of anilines is 1. The highest BCUT2D eigenvalue weighted by molar-refractivity contribution is 7.90. The first-order chi connectivity index (χ1) is 13.0. The normalized spacial score (nSPS) is 13.0. The van der Waals surface area contributed by atoms with Gasteiger partial charge in [-0.1, -0.05) is 24.3 Å². The molecule has 3 N–H and O–H groups in total. The molecule has 0 saturated heterocycles. The molecule has 8 nitrogen and oxygen atoms in total. The summed E-state index contributed by atoms with van der Waals surface area (Å²) in [7, 11) is 1.62. The molecule has 0 fully saturated rings. The lowest BCUT2D eigenvalue weighted by Crippen LogP contribution is -2.50. The van der Waals surface area contributed by atoms with Gasteiger partial charge < -0.3 is 14.3 Å². The van der Waals surface area contributed by atoms with Crippen LogP contribution in [-0.2, 0) is 15.0 Å². The smallest absolute Gasteiger partial charge is 0.305 e. The van der Waals surface area contributed by atoms with Gasteiger partial charge in [-0.05, 0) is 24.3 Å². The SMILES string of the molecule is C[N+](C)(C)C[C@H](CC(=O)O)NS(=O)(=O)Nc1cccc(Oc2ccccc2)c1. The number of hydrogen-bond acceptors (Lipinski definition) is 4. The summed E-state index contributed by atoms with van der Waals surface area (Å²) in [5, 5.41) is 9.07. The van der Waals surface area contributed by atoms with E-state index in [0.717, 1.165) is 0 Å². The zero-order valence-electron chi connectivity index (χ0n) is 16.1. The van der Waals surface area contributed by atoms with Crippen LogP contribution in [0.2, 0.25) is 0 Å². The number of carboxylic acid groups (broad SMARTS) is 1. The van der Waals surface area contributed by atoms with Crippen molar-refractivity contribution in [2.24, 2.45) is 0 Å². The van der Waals surface area contributed by atoms with Crippen LogP contribution in [0.25, 0.3) is 0 Å². The highest BCUT2D eigenvalue weighted by Crippen LogP contribution is 2.24. The Morgan fingerprint density at radius 3 is 2.32 bits per heavy atom.